The van der Waals surface area contributed by atoms with Crippen LogP contribution in [0.2, 0.25) is 5.02 Å². The minimum atomic E-state index is -4.95. The van der Waals surface area contributed by atoms with E-state index in [9.17, 15) is 68.4 Å². The number of halogens is 9. The third kappa shape index (κ3) is 28.7. The Kier molecular flexibility index (Phi) is 34.1. The van der Waals surface area contributed by atoms with Crippen LogP contribution in [0.3, 0.4) is 0 Å². The Balaban J connectivity index is 0.000000161. The van der Waals surface area contributed by atoms with E-state index < -0.39 is 94.7 Å². The lowest BCUT2D eigenvalue weighted by molar-refractivity contribution is -0.275. The van der Waals surface area contributed by atoms with E-state index in [4.69, 9.17) is 44.1 Å². The van der Waals surface area contributed by atoms with E-state index in [1.807, 2.05) is 106 Å². The predicted molar refractivity (Wildman–Crippen MR) is 500 cm³/mol. The number of ether oxygens (including phenoxy) is 7. The molecule has 0 aliphatic carbocycles. The number of hydrogen-bond donors (Lipinski definition) is 0. The zero-order valence-corrected chi connectivity index (χ0v) is 80.2. The summed E-state index contributed by atoms with van der Waals surface area (Å²) in [6.45, 7) is 6.00. The average Bonchev–Trinajstić information content (AvgIpc) is 1.54. The van der Waals surface area contributed by atoms with Gasteiger partial charge >= 0.3 is 12.7 Å². The zero-order valence-electron chi connectivity index (χ0n) is 72.2. The third-order valence-electron chi connectivity index (χ3n) is 19.3. The minimum absolute atomic E-state index is 0.0564. The Morgan fingerprint density at radius 3 is 0.806 bits per heavy atom. The highest BCUT2D eigenvalue weighted by Gasteiger charge is 2.35. The topological polar surface area (TPSA) is 326 Å². The van der Waals surface area contributed by atoms with Crippen molar-refractivity contribution >= 4 is 92.6 Å². The van der Waals surface area contributed by atoms with Crippen molar-refractivity contribution in [3.8, 4) is 96.3 Å². The zero-order chi connectivity index (χ0) is 96.9. The summed E-state index contributed by atoms with van der Waals surface area (Å²) in [5, 5.41) is 0.330. The van der Waals surface area contributed by atoms with Crippen molar-refractivity contribution in [1.29, 1.82) is 0 Å². The molecule has 0 N–H and O–H groups in total. The smallest absolute Gasteiger partial charge is 0.495 e. The number of hydrogen-bond acceptors (Lipinski definition) is 24. The monoisotopic (exact) mass is 2080 g/mol. The van der Waals surface area contributed by atoms with Crippen molar-refractivity contribution in [1.82, 2.24) is 24.9 Å². The predicted octanol–water partition coefficient (Wildman–Crippen LogP) is 22.7. The fourth-order valence-electron chi connectivity index (χ4n) is 13.1. The summed E-state index contributed by atoms with van der Waals surface area (Å²) in [4.78, 5) is 20.2. The number of rotatable bonds is 27. The van der Waals surface area contributed by atoms with Crippen molar-refractivity contribution in [2.75, 3.05) is 35.5 Å². The van der Waals surface area contributed by atoms with Crippen LogP contribution in [0.5, 0.6) is 40.2 Å². The number of nitrogens with zero attached hydrogens (tertiary/aromatic N) is 5. The summed E-state index contributed by atoms with van der Waals surface area (Å²) in [5.41, 5.74) is 12.6. The van der Waals surface area contributed by atoms with Crippen molar-refractivity contribution in [3.05, 3.63) is 351 Å². The van der Waals surface area contributed by atoms with E-state index >= 15 is 0 Å². The van der Waals surface area contributed by atoms with E-state index in [1.165, 1.54) is 89.9 Å². The van der Waals surface area contributed by atoms with Gasteiger partial charge in [0, 0.05) is 116 Å². The van der Waals surface area contributed by atoms with Gasteiger partial charge in [-0.3, -0.25) is 24.9 Å². The van der Waals surface area contributed by atoms with Crippen molar-refractivity contribution in [2.24, 2.45) is 0 Å². The summed E-state index contributed by atoms with van der Waals surface area (Å²) in [6.07, 6.45) is 8.78. The second-order valence-corrected chi connectivity index (χ2v) is 41.4. The number of aromatic nitrogens is 5. The van der Waals surface area contributed by atoms with E-state index in [0.29, 0.717) is 75.9 Å². The standard InChI is InChI=1S/C21H18F3NO4S.2C20H18BrNO3S.C18H14F3NO5S.C17H14ClNO4S/c1-14-3-5-16(6-4-14)17-9-15(11-25-12-17)13-30(26,27)20-10-18(29-21(22,23)24)7-8-19(20)28-2;2*1-14-3-5-16(6-4-14)17-9-15(11-22-12-17)13-26(23,24)20-10-18(21)7-8-19(20)25-2;1-25-16-5-4-14(27-18(19,20)21)8-17(16)28(23,24)11-12-7-13(10-22-9-12)15-3-2-6-26-15;1-22-16-5-4-14(18)8-17(16)24(20,21)11-12-7-13(10-19-9-12)15-3-2-6-23-15/h3-12H,13H2,1-2H3;2*3-12H,13H2,1-2H3;2-10H,11H2,1H3;2-10H,11H2,1H3. The molecule has 38 heteroatoms. The highest BCUT2D eigenvalue weighted by atomic mass is 79.9. The Morgan fingerprint density at radius 1 is 0.299 bits per heavy atom. The Labute approximate surface area is 791 Å². The molecular formula is C96H82Br2ClF6N5O19S5. The largest absolute Gasteiger partial charge is 0.573 e. The molecule has 134 heavy (non-hydrogen) atoms. The Bertz CT molecular complexity index is 7060. The number of pyridine rings is 5. The van der Waals surface area contributed by atoms with Crippen LogP contribution in [0.1, 0.15) is 44.5 Å². The van der Waals surface area contributed by atoms with Crippen LogP contribution in [-0.2, 0) is 78.0 Å². The summed E-state index contributed by atoms with van der Waals surface area (Å²) < 4.78 is 249. The highest BCUT2D eigenvalue weighted by Crippen LogP contribution is 2.40. The van der Waals surface area contributed by atoms with Crippen LogP contribution < -0.4 is 33.2 Å². The molecule has 7 heterocycles. The highest BCUT2D eigenvalue weighted by molar-refractivity contribution is 9.10. The molecule has 24 nitrogen and oxygen atoms in total. The minimum Gasteiger partial charge on any atom is -0.495 e. The lowest BCUT2D eigenvalue weighted by Gasteiger charge is -2.14. The molecule has 0 bridgehead atoms. The molecule has 0 aliphatic rings. The second kappa shape index (κ2) is 44.9. The maximum Gasteiger partial charge on any atom is 0.573 e. The van der Waals surface area contributed by atoms with Crippen LogP contribution in [0.25, 0.3) is 56.0 Å². The number of methoxy groups -OCH3 is 5. The molecule has 0 saturated carbocycles. The summed E-state index contributed by atoms with van der Waals surface area (Å²) in [7, 11) is -12.1. The van der Waals surface area contributed by atoms with Crippen LogP contribution in [-0.4, -0.2) is 115 Å². The molecule has 8 aromatic carbocycles. The van der Waals surface area contributed by atoms with Gasteiger partial charge in [-0.1, -0.05) is 133 Å². The molecule has 15 rings (SSSR count). The SMILES string of the molecule is COc1ccc(Br)cc1S(=O)(=O)Cc1cncc(-c2ccc(C)cc2)c1.COc1ccc(Br)cc1S(=O)(=O)Cc1cncc(-c2ccc(C)cc2)c1.COc1ccc(Cl)cc1S(=O)(=O)Cc1cncc(-c2ccco2)c1.COc1ccc(OC(F)(F)F)cc1S(=O)(=O)Cc1cncc(-c2ccc(C)cc2)c1.COc1ccc(OC(F)(F)F)cc1S(=O)(=O)Cc1cncc(-c2ccco2)c1. The van der Waals surface area contributed by atoms with Gasteiger partial charge < -0.3 is 42.0 Å². The first kappa shape index (κ1) is 102. The van der Waals surface area contributed by atoms with Gasteiger partial charge in [0.2, 0.25) is 0 Å². The summed E-state index contributed by atoms with van der Waals surface area (Å²) in [5.74, 6) is -0.899. The molecule has 698 valence electrons. The number of furan rings is 2. The normalized spacial score (nSPS) is 11.6. The van der Waals surface area contributed by atoms with Crippen molar-refractivity contribution < 1.29 is 110 Å². The Morgan fingerprint density at radius 2 is 0.545 bits per heavy atom. The first-order valence-electron chi connectivity index (χ1n) is 39.5. The molecule has 15 aromatic rings. The fraction of sp³-hybridized carbons (Fsp3) is 0.156. The Hall–Kier alpha value is -12.8. The molecule has 0 fully saturated rings. The number of alkyl halides is 6. The molecule has 0 radical (unpaired) electrons. The van der Waals surface area contributed by atoms with Crippen molar-refractivity contribution in [2.45, 2.75) is 86.7 Å². The quantitative estimate of drug-likeness (QED) is 0.0432. The molecule has 0 atom stereocenters. The van der Waals surface area contributed by atoms with Crippen LogP contribution in [0.4, 0.5) is 26.3 Å². The van der Waals surface area contributed by atoms with Crippen LogP contribution >= 0.6 is 43.5 Å². The van der Waals surface area contributed by atoms with E-state index in [2.05, 4.69) is 66.3 Å². The molecule has 0 spiro atoms. The second-order valence-electron chi connectivity index (χ2n) is 29.4. The third-order valence-corrected chi connectivity index (χ3v) is 29.0. The molecule has 0 amide bonds. The molecular weight excluding hydrogens is 2000 g/mol. The van der Waals surface area contributed by atoms with Crippen LogP contribution in [0.15, 0.2) is 335 Å². The summed E-state index contributed by atoms with van der Waals surface area (Å²) >= 11 is 12.6. The van der Waals surface area contributed by atoms with Gasteiger partial charge in [0.25, 0.3) is 0 Å². The molecule has 0 aliphatic heterocycles. The van der Waals surface area contributed by atoms with Gasteiger partial charge in [0.15, 0.2) is 49.2 Å². The van der Waals surface area contributed by atoms with E-state index in [-0.39, 0.29) is 49.2 Å². The van der Waals surface area contributed by atoms with E-state index in [1.54, 1.807) is 128 Å². The average molecular weight is 2080 g/mol. The molecule has 7 aromatic heterocycles. The van der Waals surface area contributed by atoms with Gasteiger partial charge in [-0.25, -0.2) is 42.1 Å². The van der Waals surface area contributed by atoms with Gasteiger partial charge in [-0.05, 0) is 199 Å². The van der Waals surface area contributed by atoms with Crippen molar-refractivity contribution in [3.63, 3.8) is 0 Å². The number of benzene rings is 8. The number of aryl methyl sites for hydroxylation is 3. The lowest BCUT2D eigenvalue weighted by atomic mass is 10.1. The first-order valence-corrected chi connectivity index (χ1v) is 49.8. The first-order chi connectivity index (χ1) is 63.5. The lowest BCUT2D eigenvalue weighted by Crippen LogP contribution is -2.17. The fourth-order valence-corrected chi connectivity index (χ4v) is 21.9. The van der Waals surface area contributed by atoms with Gasteiger partial charge in [-0.15, -0.1) is 26.3 Å². The number of sulfone groups is 5. The van der Waals surface area contributed by atoms with E-state index in [0.717, 1.165) is 75.3 Å². The molecule has 0 unspecified atom stereocenters. The maximum atomic E-state index is 12.9. The maximum absolute atomic E-state index is 12.9. The van der Waals surface area contributed by atoms with Crippen LogP contribution in [0, 0.1) is 20.8 Å². The van der Waals surface area contributed by atoms with Gasteiger partial charge in [-0.2, -0.15) is 0 Å². The van der Waals surface area contributed by atoms with Gasteiger partial charge in [0.05, 0.1) is 76.8 Å². The molecule has 0 saturated heterocycles. The van der Waals surface area contributed by atoms with Gasteiger partial charge in [0.1, 0.15) is 76.2 Å². The summed E-state index contributed by atoms with van der Waals surface area (Å²) in [6, 6.07) is 59.5.